The molecule has 4 nitrogen and oxygen atoms in total. The molecule has 2 rings (SSSR count). The van der Waals surface area contributed by atoms with Crippen LogP contribution in [0, 0.1) is 0 Å². The molecule has 0 saturated carbocycles. The fourth-order valence-corrected chi connectivity index (χ4v) is 2.03. The molecule has 4 heteroatoms. The molecule has 0 spiro atoms. The van der Waals surface area contributed by atoms with Gasteiger partial charge in [-0.3, -0.25) is 9.78 Å². The topological polar surface area (TPSA) is 42.4 Å². The third-order valence-corrected chi connectivity index (χ3v) is 2.87. The molecule has 1 aliphatic heterocycles. The highest BCUT2D eigenvalue weighted by Crippen LogP contribution is 2.19. The zero-order valence-corrected chi connectivity index (χ0v) is 9.43. The molecule has 16 heavy (non-hydrogen) atoms. The first-order valence-electron chi connectivity index (χ1n) is 5.63. The molecule has 1 aromatic heterocycles. The predicted molar refractivity (Wildman–Crippen MR) is 60.1 cm³/mol. The number of hydrogen-bond donors (Lipinski definition) is 0. The molecule has 1 saturated heterocycles. The van der Waals surface area contributed by atoms with Crippen molar-refractivity contribution < 1.29 is 9.53 Å². The van der Waals surface area contributed by atoms with E-state index in [1.54, 1.807) is 12.4 Å². The number of aromatic nitrogens is 1. The van der Waals surface area contributed by atoms with Gasteiger partial charge in [0.15, 0.2) is 0 Å². The fourth-order valence-electron chi connectivity index (χ4n) is 2.03. The van der Waals surface area contributed by atoms with Gasteiger partial charge in [0.1, 0.15) is 12.4 Å². The normalized spacial score (nSPS) is 20.2. The van der Waals surface area contributed by atoms with Crippen LogP contribution in [0.4, 0.5) is 0 Å². The smallest absolute Gasteiger partial charge is 0.223 e. The molecule has 1 atom stereocenters. The fraction of sp³-hybridized carbons (Fsp3) is 0.500. The summed E-state index contributed by atoms with van der Waals surface area (Å²) in [7, 11) is 0. The summed E-state index contributed by atoms with van der Waals surface area (Å²) in [5, 5.41) is 0. The summed E-state index contributed by atoms with van der Waals surface area (Å²) >= 11 is 0. The van der Waals surface area contributed by atoms with Crippen LogP contribution in [0.1, 0.15) is 19.8 Å². The summed E-state index contributed by atoms with van der Waals surface area (Å²) in [6.45, 7) is 3.32. The Morgan fingerprint density at radius 1 is 1.62 bits per heavy atom. The van der Waals surface area contributed by atoms with E-state index in [-0.39, 0.29) is 11.9 Å². The van der Waals surface area contributed by atoms with Crippen LogP contribution in [-0.4, -0.2) is 35.0 Å². The number of amides is 1. The highest BCUT2D eigenvalue weighted by atomic mass is 16.5. The van der Waals surface area contributed by atoms with Crippen LogP contribution in [0.25, 0.3) is 0 Å². The second-order valence-corrected chi connectivity index (χ2v) is 3.87. The minimum Gasteiger partial charge on any atom is -0.490 e. The van der Waals surface area contributed by atoms with E-state index in [1.807, 2.05) is 24.0 Å². The van der Waals surface area contributed by atoms with E-state index in [0.717, 1.165) is 18.7 Å². The largest absolute Gasteiger partial charge is 0.490 e. The van der Waals surface area contributed by atoms with Gasteiger partial charge in [-0.1, -0.05) is 0 Å². The van der Waals surface area contributed by atoms with Gasteiger partial charge in [-0.05, 0) is 25.5 Å². The van der Waals surface area contributed by atoms with Crippen molar-refractivity contribution in [1.29, 1.82) is 0 Å². The van der Waals surface area contributed by atoms with Crippen molar-refractivity contribution in [3.63, 3.8) is 0 Å². The summed E-state index contributed by atoms with van der Waals surface area (Å²) < 4.78 is 5.61. The Hall–Kier alpha value is -1.58. The number of carbonyl (C=O) groups is 1. The quantitative estimate of drug-likeness (QED) is 0.771. The van der Waals surface area contributed by atoms with Gasteiger partial charge >= 0.3 is 0 Å². The molecule has 0 aromatic carbocycles. The number of likely N-dealkylation sites (N-methyl/N-ethyl adjacent to an activating group) is 1. The van der Waals surface area contributed by atoms with E-state index in [1.165, 1.54) is 0 Å². The zero-order chi connectivity index (χ0) is 11.4. The van der Waals surface area contributed by atoms with Gasteiger partial charge in [0.05, 0.1) is 12.2 Å². The number of ether oxygens (including phenoxy) is 1. The monoisotopic (exact) mass is 220 g/mol. The van der Waals surface area contributed by atoms with Crippen molar-refractivity contribution in [2.24, 2.45) is 0 Å². The SMILES string of the molecule is CCN1C(=O)CC[C@H]1COc1cccnc1. The van der Waals surface area contributed by atoms with Gasteiger partial charge in [0.2, 0.25) is 5.91 Å². The lowest BCUT2D eigenvalue weighted by Crippen LogP contribution is -2.36. The Morgan fingerprint density at radius 2 is 2.50 bits per heavy atom. The standard InChI is InChI=1S/C12H16N2O2/c1-2-14-10(5-6-12(14)15)9-16-11-4-3-7-13-8-11/h3-4,7-8,10H,2,5-6,9H2,1H3/t10-/m0/s1. The molecule has 0 unspecified atom stereocenters. The number of carbonyl (C=O) groups excluding carboxylic acids is 1. The number of rotatable bonds is 4. The van der Waals surface area contributed by atoms with Crippen molar-refractivity contribution in [3.8, 4) is 5.75 Å². The minimum absolute atomic E-state index is 0.220. The molecule has 0 N–H and O–H groups in total. The lowest BCUT2D eigenvalue weighted by Gasteiger charge is -2.23. The number of hydrogen-bond acceptors (Lipinski definition) is 3. The van der Waals surface area contributed by atoms with Crippen molar-refractivity contribution in [1.82, 2.24) is 9.88 Å². The van der Waals surface area contributed by atoms with Gasteiger partial charge in [-0.15, -0.1) is 0 Å². The molecule has 1 aromatic rings. The lowest BCUT2D eigenvalue weighted by molar-refractivity contribution is -0.129. The van der Waals surface area contributed by atoms with Crippen LogP contribution in [0.3, 0.4) is 0 Å². The van der Waals surface area contributed by atoms with E-state index < -0.39 is 0 Å². The summed E-state index contributed by atoms with van der Waals surface area (Å²) in [6.07, 6.45) is 4.94. The van der Waals surface area contributed by atoms with Crippen molar-refractivity contribution in [2.75, 3.05) is 13.2 Å². The first-order chi connectivity index (χ1) is 7.81. The van der Waals surface area contributed by atoms with Crippen molar-refractivity contribution >= 4 is 5.91 Å². The summed E-state index contributed by atoms with van der Waals surface area (Å²) in [5.74, 6) is 1.00. The summed E-state index contributed by atoms with van der Waals surface area (Å²) in [5.41, 5.74) is 0. The van der Waals surface area contributed by atoms with Gasteiger partial charge in [0.25, 0.3) is 0 Å². The Kier molecular flexibility index (Phi) is 3.39. The van der Waals surface area contributed by atoms with E-state index in [9.17, 15) is 4.79 Å². The summed E-state index contributed by atoms with van der Waals surface area (Å²) in [6, 6.07) is 3.94. The second kappa shape index (κ2) is 4.96. The average molecular weight is 220 g/mol. The molecule has 1 fully saturated rings. The first kappa shape index (κ1) is 10.9. The van der Waals surface area contributed by atoms with E-state index in [0.29, 0.717) is 13.0 Å². The van der Waals surface area contributed by atoms with Crippen molar-refractivity contribution in [3.05, 3.63) is 24.5 Å². The molecular weight excluding hydrogens is 204 g/mol. The van der Waals surface area contributed by atoms with Crippen LogP contribution in [-0.2, 0) is 4.79 Å². The Labute approximate surface area is 95.2 Å². The summed E-state index contributed by atoms with van der Waals surface area (Å²) in [4.78, 5) is 17.3. The van der Waals surface area contributed by atoms with Crippen LogP contribution in [0.15, 0.2) is 24.5 Å². The molecule has 1 aliphatic rings. The van der Waals surface area contributed by atoms with E-state index in [4.69, 9.17) is 4.74 Å². The molecule has 0 radical (unpaired) electrons. The third kappa shape index (κ3) is 2.32. The average Bonchev–Trinajstić information content (AvgIpc) is 2.68. The number of likely N-dealkylation sites (tertiary alicyclic amines) is 1. The molecule has 0 aliphatic carbocycles. The number of pyridine rings is 1. The Morgan fingerprint density at radius 3 is 3.19 bits per heavy atom. The molecule has 0 bridgehead atoms. The van der Waals surface area contributed by atoms with Gasteiger partial charge in [-0.25, -0.2) is 0 Å². The van der Waals surface area contributed by atoms with E-state index in [2.05, 4.69) is 4.98 Å². The van der Waals surface area contributed by atoms with Crippen LogP contribution >= 0.6 is 0 Å². The maximum atomic E-state index is 11.5. The van der Waals surface area contributed by atoms with Gasteiger partial charge in [-0.2, -0.15) is 0 Å². The maximum absolute atomic E-state index is 11.5. The molecule has 2 heterocycles. The third-order valence-electron chi connectivity index (χ3n) is 2.87. The van der Waals surface area contributed by atoms with Crippen LogP contribution in [0.2, 0.25) is 0 Å². The zero-order valence-electron chi connectivity index (χ0n) is 9.43. The van der Waals surface area contributed by atoms with Gasteiger partial charge < -0.3 is 9.64 Å². The van der Waals surface area contributed by atoms with Crippen molar-refractivity contribution in [2.45, 2.75) is 25.8 Å². The predicted octanol–water partition coefficient (Wildman–Crippen LogP) is 1.47. The second-order valence-electron chi connectivity index (χ2n) is 3.87. The van der Waals surface area contributed by atoms with E-state index >= 15 is 0 Å². The number of nitrogens with zero attached hydrogens (tertiary/aromatic N) is 2. The first-order valence-corrected chi connectivity index (χ1v) is 5.63. The maximum Gasteiger partial charge on any atom is 0.223 e. The molecule has 86 valence electrons. The highest BCUT2D eigenvalue weighted by Gasteiger charge is 2.29. The molecule has 1 amide bonds. The van der Waals surface area contributed by atoms with Gasteiger partial charge in [0, 0.05) is 19.2 Å². The lowest BCUT2D eigenvalue weighted by atomic mass is 10.2. The van der Waals surface area contributed by atoms with Crippen LogP contribution < -0.4 is 4.74 Å². The van der Waals surface area contributed by atoms with Crippen LogP contribution in [0.5, 0.6) is 5.75 Å². The Bertz CT molecular complexity index is 353. The Balaban J connectivity index is 1.89. The minimum atomic E-state index is 0.220. The highest BCUT2D eigenvalue weighted by molar-refractivity contribution is 5.78. The molecular formula is C12H16N2O2.